The van der Waals surface area contributed by atoms with E-state index in [9.17, 15) is 0 Å². The van der Waals surface area contributed by atoms with Gasteiger partial charge in [-0.1, -0.05) is 29.3 Å². The maximum Gasteiger partial charge on any atom is 0.183 e. The molecule has 0 aliphatic rings. The van der Waals surface area contributed by atoms with E-state index in [0.29, 0.717) is 11.0 Å². The molecule has 84 valence electrons. The van der Waals surface area contributed by atoms with Crippen molar-refractivity contribution in [2.45, 2.75) is 13.5 Å². The fraction of sp³-hybridized carbons (Fsp3) is 0.182. The Bertz CT molecular complexity index is 496. The van der Waals surface area contributed by atoms with E-state index in [1.165, 1.54) is 11.3 Å². The molecule has 0 amide bonds. The summed E-state index contributed by atoms with van der Waals surface area (Å²) in [4.78, 5) is 5.09. The third-order valence-electron chi connectivity index (χ3n) is 2.25. The van der Waals surface area contributed by atoms with Gasteiger partial charge in [0.1, 0.15) is 0 Å². The highest BCUT2D eigenvalue weighted by Crippen LogP contribution is 2.24. The van der Waals surface area contributed by atoms with Crippen LogP contribution in [0.4, 0.5) is 5.69 Å². The Morgan fingerprint density at radius 3 is 2.88 bits per heavy atom. The first kappa shape index (κ1) is 11.7. The van der Waals surface area contributed by atoms with Crippen LogP contribution in [-0.2, 0) is 6.54 Å². The van der Waals surface area contributed by atoms with Crippen molar-refractivity contribution in [2.75, 3.05) is 5.32 Å². The van der Waals surface area contributed by atoms with E-state index < -0.39 is 0 Å². The second-order valence-corrected chi connectivity index (χ2v) is 5.45. The van der Waals surface area contributed by atoms with Crippen LogP contribution in [0.1, 0.15) is 10.4 Å². The molecule has 0 aliphatic carbocycles. The Balaban J connectivity index is 2.07. The van der Waals surface area contributed by atoms with Crippen molar-refractivity contribution in [1.29, 1.82) is 0 Å². The smallest absolute Gasteiger partial charge is 0.183 e. The predicted octanol–water partition coefficient (Wildman–Crippen LogP) is 4.37. The number of hydrogen-bond acceptors (Lipinski definition) is 3. The Labute approximate surface area is 108 Å². The molecule has 1 aromatic carbocycles. The van der Waals surface area contributed by atoms with Gasteiger partial charge < -0.3 is 5.32 Å². The third-order valence-corrected chi connectivity index (χ3v) is 3.77. The first-order valence-electron chi connectivity index (χ1n) is 4.76. The molecular formula is C11H10Cl2N2S. The van der Waals surface area contributed by atoms with Crippen molar-refractivity contribution < 1.29 is 0 Å². The van der Waals surface area contributed by atoms with Crippen molar-refractivity contribution in [2.24, 2.45) is 0 Å². The molecule has 2 aromatic rings. The van der Waals surface area contributed by atoms with Crippen LogP contribution in [0.2, 0.25) is 9.49 Å². The molecule has 2 nitrogen and oxygen atoms in total. The summed E-state index contributed by atoms with van der Waals surface area (Å²) in [6, 6.07) is 5.81. The topological polar surface area (TPSA) is 24.9 Å². The van der Waals surface area contributed by atoms with Crippen LogP contribution in [0.25, 0.3) is 0 Å². The van der Waals surface area contributed by atoms with Crippen LogP contribution in [0, 0.1) is 6.92 Å². The molecule has 0 unspecified atom stereocenters. The van der Waals surface area contributed by atoms with E-state index in [0.717, 1.165) is 21.2 Å². The third kappa shape index (κ3) is 2.67. The van der Waals surface area contributed by atoms with E-state index in [1.807, 2.05) is 25.1 Å². The monoisotopic (exact) mass is 272 g/mol. The minimum absolute atomic E-state index is 0.569. The molecule has 0 radical (unpaired) electrons. The molecule has 5 heteroatoms. The van der Waals surface area contributed by atoms with E-state index >= 15 is 0 Å². The molecule has 1 N–H and O–H groups in total. The quantitative estimate of drug-likeness (QED) is 0.898. The van der Waals surface area contributed by atoms with Gasteiger partial charge in [0.05, 0.1) is 6.54 Å². The average Bonchev–Trinajstić information content (AvgIpc) is 2.67. The maximum atomic E-state index is 6.03. The number of aromatic nitrogens is 1. The van der Waals surface area contributed by atoms with Crippen LogP contribution in [0.3, 0.4) is 0 Å². The highest BCUT2D eigenvalue weighted by atomic mass is 35.5. The van der Waals surface area contributed by atoms with E-state index in [-0.39, 0.29) is 0 Å². The fourth-order valence-electron chi connectivity index (χ4n) is 1.35. The Kier molecular flexibility index (Phi) is 3.69. The van der Waals surface area contributed by atoms with Crippen LogP contribution in [0.15, 0.2) is 24.4 Å². The highest BCUT2D eigenvalue weighted by Gasteiger charge is 2.03. The fourth-order valence-corrected chi connectivity index (χ4v) is 2.44. The van der Waals surface area contributed by atoms with Gasteiger partial charge in [0.15, 0.2) is 4.47 Å². The SMILES string of the molecule is Cc1c(Cl)cccc1NCc1cnc(Cl)s1. The molecule has 0 atom stereocenters. The number of benzene rings is 1. The molecule has 0 spiro atoms. The van der Waals surface area contributed by atoms with Crippen LogP contribution in [-0.4, -0.2) is 4.98 Å². The minimum Gasteiger partial charge on any atom is -0.380 e. The van der Waals surface area contributed by atoms with Gasteiger partial charge in [0.25, 0.3) is 0 Å². The summed E-state index contributed by atoms with van der Waals surface area (Å²) < 4.78 is 0.569. The van der Waals surface area contributed by atoms with Crippen LogP contribution >= 0.6 is 34.5 Å². The Hall–Kier alpha value is -0.770. The number of nitrogens with one attached hydrogen (secondary N) is 1. The Morgan fingerprint density at radius 1 is 1.38 bits per heavy atom. The van der Waals surface area contributed by atoms with E-state index in [1.54, 1.807) is 6.20 Å². The number of halogens is 2. The molecule has 0 saturated carbocycles. The average molecular weight is 273 g/mol. The van der Waals surface area contributed by atoms with Crippen molar-refractivity contribution in [3.05, 3.63) is 44.3 Å². The van der Waals surface area contributed by atoms with Crippen LogP contribution < -0.4 is 5.32 Å². The van der Waals surface area contributed by atoms with Crippen LogP contribution in [0.5, 0.6) is 0 Å². The van der Waals surface area contributed by atoms with Gasteiger partial charge in [0, 0.05) is 21.8 Å². The molecule has 0 fully saturated rings. The minimum atomic E-state index is 0.569. The normalized spacial score (nSPS) is 10.4. The standard InChI is InChI=1S/C11H10Cl2N2S/c1-7-9(12)3-2-4-10(7)14-5-8-6-15-11(13)16-8/h2-4,6,14H,5H2,1H3. The molecule has 16 heavy (non-hydrogen) atoms. The lowest BCUT2D eigenvalue weighted by Crippen LogP contribution is -1.99. The molecule has 0 aliphatic heterocycles. The summed E-state index contributed by atoms with van der Waals surface area (Å²) in [5.41, 5.74) is 2.09. The number of hydrogen-bond donors (Lipinski definition) is 1. The molecule has 1 aromatic heterocycles. The van der Waals surface area contributed by atoms with Crippen molar-refractivity contribution >= 4 is 40.2 Å². The second-order valence-electron chi connectivity index (χ2n) is 3.35. The summed E-state index contributed by atoms with van der Waals surface area (Å²) in [7, 11) is 0. The van der Waals surface area contributed by atoms with Crippen molar-refractivity contribution in [3.8, 4) is 0 Å². The van der Waals surface area contributed by atoms with Gasteiger partial charge >= 0.3 is 0 Å². The summed E-state index contributed by atoms with van der Waals surface area (Å²) in [5.74, 6) is 0. The van der Waals surface area contributed by atoms with Gasteiger partial charge in [-0.2, -0.15) is 0 Å². The zero-order valence-electron chi connectivity index (χ0n) is 8.63. The number of anilines is 1. The van der Waals surface area contributed by atoms with Crippen molar-refractivity contribution in [3.63, 3.8) is 0 Å². The largest absolute Gasteiger partial charge is 0.380 e. The lowest BCUT2D eigenvalue weighted by Gasteiger charge is -2.09. The first-order chi connectivity index (χ1) is 7.66. The van der Waals surface area contributed by atoms with Crippen molar-refractivity contribution in [1.82, 2.24) is 4.98 Å². The lowest BCUT2D eigenvalue weighted by atomic mass is 10.2. The van der Waals surface area contributed by atoms with Gasteiger partial charge in [0.2, 0.25) is 0 Å². The molecule has 2 rings (SSSR count). The number of nitrogens with zero attached hydrogens (tertiary/aromatic N) is 1. The van der Waals surface area contributed by atoms with Gasteiger partial charge in [-0.15, -0.1) is 11.3 Å². The van der Waals surface area contributed by atoms with E-state index in [2.05, 4.69) is 10.3 Å². The lowest BCUT2D eigenvalue weighted by molar-refractivity contribution is 1.16. The highest BCUT2D eigenvalue weighted by molar-refractivity contribution is 7.15. The molecule has 0 saturated heterocycles. The predicted molar refractivity (Wildman–Crippen MR) is 70.6 cm³/mol. The summed E-state index contributed by atoms with van der Waals surface area (Å²) in [5, 5.41) is 4.08. The molecule has 0 bridgehead atoms. The van der Waals surface area contributed by atoms with E-state index in [4.69, 9.17) is 23.2 Å². The Morgan fingerprint density at radius 2 is 2.19 bits per heavy atom. The van der Waals surface area contributed by atoms with Gasteiger partial charge in [-0.25, -0.2) is 4.98 Å². The maximum absolute atomic E-state index is 6.03. The summed E-state index contributed by atoms with van der Waals surface area (Å²) >= 11 is 13.3. The zero-order valence-corrected chi connectivity index (χ0v) is 11.0. The number of rotatable bonds is 3. The molecule has 1 heterocycles. The first-order valence-corrected chi connectivity index (χ1v) is 6.33. The second kappa shape index (κ2) is 5.04. The molecular weight excluding hydrogens is 263 g/mol. The summed E-state index contributed by atoms with van der Waals surface area (Å²) in [6.45, 7) is 2.70. The number of thiazole rings is 1. The zero-order chi connectivity index (χ0) is 11.5. The van der Waals surface area contributed by atoms with Gasteiger partial charge in [-0.05, 0) is 24.6 Å². The van der Waals surface area contributed by atoms with Gasteiger partial charge in [-0.3, -0.25) is 0 Å². The summed E-state index contributed by atoms with van der Waals surface area (Å²) in [6.07, 6.45) is 1.78.